The predicted octanol–water partition coefficient (Wildman–Crippen LogP) is 0.857. The summed E-state index contributed by atoms with van der Waals surface area (Å²) in [5.74, 6) is 2.64. The van der Waals surface area contributed by atoms with Crippen molar-refractivity contribution < 1.29 is 4.79 Å². The monoisotopic (exact) mass is 361 g/mol. The first kappa shape index (κ1) is 18.7. The number of likely N-dealkylation sites (N-methyl/N-ethyl adjacent to an activating group) is 1. The van der Waals surface area contributed by atoms with Crippen molar-refractivity contribution in [2.24, 2.45) is 4.99 Å². The lowest BCUT2D eigenvalue weighted by Crippen LogP contribution is -2.50. The van der Waals surface area contributed by atoms with Crippen molar-refractivity contribution in [3.05, 3.63) is 11.6 Å². The van der Waals surface area contributed by atoms with Gasteiger partial charge < -0.3 is 15.5 Å². The summed E-state index contributed by atoms with van der Waals surface area (Å²) in [6.45, 7) is 2.87. The lowest BCUT2D eigenvalue weighted by atomic mass is 9.96. The molecule has 0 radical (unpaired) electrons. The zero-order valence-corrected chi connectivity index (χ0v) is 16.2. The molecule has 3 rings (SSSR count). The molecule has 144 valence electrons. The summed E-state index contributed by atoms with van der Waals surface area (Å²) in [4.78, 5) is 22.5. The van der Waals surface area contributed by atoms with Gasteiger partial charge in [0.1, 0.15) is 18.2 Å². The van der Waals surface area contributed by atoms with Crippen LogP contribution in [0.5, 0.6) is 0 Å². The molecule has 26 heavy (non-hydrogen) atoms. The first-order valence-corrected chi connectivity index (χ1v) is 9.69. The highest BCUT2D eigenvalue weighted by Crippen LogP contribution is 2.17. The lowest BCUT2D eigenvalue weighted by Gasteiger charge is -2.29. The molecule has 1 unspecified atom stereocenters. The minimum absolute atomic E-state index is 0.00701. The van der Waals surface area contributed by atoms with Crippen LogP contribution in [-0.4, -0.2) is 64.3 Å². The van der Waals surface area contributed by atoms with Gasteiger partial charge in [-0.1, -0.05) is 19.3 Å². The maximum absolute atomic E-state index is 11.9. The van der Waals surface area contributed by atoms with Gasteiger partial charge in [0.05, 0.1) is 6.54 Å². The van der Waals surface area contributed by atoms with Gasteiger partial charge in [0.25, 0.3) is 0 Å². The second-order valence-electron chi connectivity index (χ2n) is 7.57. The van der Waals surface area contributed by atoms with Gasteiger partial charge in [-0.25, -0.2) is 14.7 Å². The molecule has 1 aromatic heterocycles. The van der Waals surface area contributed by atoms with Crippen LogP contribution in [0.4, 0.5) is 0 Å². The summed E-state index contributed by atoms with van der Waals surface area (Å²) in [5.41, 5.74) is 0. The van der Waals surface area contributed by atoms with E-state index in [1.807, 2.05) is 11.6 Å². The number of carbonyl (C=O) groups excluding carboxylic acids is 1. The highest BCUT2D eigenvalue weighted by Gasteiger charge is 2.23. The smallest absolute Gasteiger partial charge is 0.243 e. The quantitative estimate of drug-likeness (QED) is 0.613. The number of guanidine groups is 1. The largest absolute Gasteiger partial charge is 0.354 e. The van der Waals surface area contributed by atoms with E-state index in [4.69, 9.17) is 0 Å². The van der Waals surface area contributed by atoms with E-state index in [9.17, 15) is 4.79 Å². The van der Waals surface area contributed by atoms with Crippen molar-refractivity contribution in [2.75, 3.05) is 20.6 Å². The van der Waals surface area contributed by atoms with Crippen molar-refractivity contribution >= 4 is 11.9 Å². The van der Waals surface area contributed by atoms with E-state index in [1.54, 1.807) is 19.0 Å². The summed E-state index contributed by atoms with van der Waals surface area (Å²) >= 11 is 0. The molecule has 1 atom stereocenters. The van der Waals surface area contributed by atoms with Crippen molar-refractivity contribution in [1.82, 2.24) is 30.3 Å². The van der Waals surface area contributed by atoms with E-state index in [1.165, 1.54) is 32.1 Å². The summed E-state index contributed by atoms with van der Waals surface area (Å²) in [7, 11) is 3.52. The third-order valence-electron chi connectivity index (χ3n) is 5.12. The minimum atomic E-state index is 0.00701. The van der Waals surface area contributed by atoms with E-state index in [-0.39, 0.29) is 18.5 Å². The number of rotatable bonds is 4. The zero-order valence-electron chi connectivity index (χ0n) is 16.2. The van der Waals surface area contributed by atoms with Crippen molar-refractivity contribution in [3.63, 3.8) is 0 Å². The second kappa shape index (κ2) is 8.51. The third kappa shape index (κ3) is 4.95. The van der Waals surface area contributed by atoms with Gasteiger partial charge >= 0.3 is 0 Å². The Labute approximate surface area is 155 Å². The molecule has 0 bridgehead atoms. The van der Waals surface area contributed by atoms with Crippen LogP contribution in [0, 0.1) is 6.92 Å². The fourth-order valence-corrected chi connectivity index (χ4v) is 3.61. The highest BCUT2D eigenvalue weighted by atomic mass is 16.2. The summed E-state index contributed by atoms with van der Waals surface area (Å²) in [5, 5.41) is 11.5. The van der Waals surface area contributed by atoms with Crippen LogP contribution in [0.3, 0.4) is 0 Å². The molecule has 2 aliphatic rings. The standard InChI is InChI=1S/C18H31N7O/c1-13-20-16-10-9-15(12-25(16)23-13)22-18(19-11-17(26)24(2)3)21-14-7-5-4-6-8-14/h14-15H,4-12H2,1-3H3,(H2,19,21,22). The van der Waals surface area contributed by atoms with Crippen molar-refractivity contribution in [3.8, 4) is 0 Å². The maximum Gasteiger partial charge on any atom is 0.243 e. The number of hydrogen-bond acceptors (Lipinski definition) is 4. The number of carbonyl (C=O) groups is 1. The normalized spacial score (nSPS) is 21.2. The average Bonchev–Trinajstić information content (AvgIpc) is 2.99. The maximum atomic E-state index is 11.9. The molecule has 1 aliphatic heterocycles. The van der Waals surface area contributed by atoms with Crippen LogP contribution in [0.15, 0.2) is 4.99 Å². The van der Waals surface area contributed by atoms with Crippen LogP contribution < -0.4 is 10.6 Å². The van der Waals surface area contributed by atoms with Gasteiger partial charge in [-0.15, -0.1) is 0 Å². The Morgan fingerprint density at radius 3 is 2.65 bits per heavy atom. The predicted molar refractivity (Wildman–Crippen MR) is 101 cm³/mol. The Balaban J connectivity index is 1.64. The van der Waals surface area contributed by atoms with E-state index in [0.29, 0.717) is 6.04 Å². The molecule has 1 aromatic rings. The number of fused-ring (bicyclic) bond motifs is 1. The van der Waals surface area contributed by atoms with Gasteiger partial charge in [-0.2, -0.15) is 5.10 Å². The minimum Gasteiger partial charge on any atom is -0.354 e. The lowest BCUT2D eigenvalue weighted by molar-refractivity contribution is -0.127. The number of aromatic nitrogens is 3. The topological polar surface area (TPSA) is 87.4 Å². The molecule has 8 heteroatoms. The second-order valence-corrected chi connectivity index (χ2v) is 7.57. The van der Waals surface area contributed by atoms with Crippen molar-refractivity contribution in [2.45, 2.75) is 70.5 Å². The summed E-state index contributed by atoms with van der Waals surface area (Å²) < 4.78 is 1.99. The SMILES string of the molecule is Cc1nc2n(n1)CC(NC(=NCC(=O)N(C)C)NC1CCCCC1)CC2. The van der Waals surface area contributed by atoms with Gasteiger partial charge in [-0.3, -0.25) is 4.79 Å². The summed E-state index contributed by atoms with van der Waals surface area (Å²) in [6.07, 6.45) is 8.06. The number of nitrogens with one attached hydrogen (secondary N) is 2. The van der Waals surface area contributed by atoms with Gasteiger partial charge in [0.15, 0.2) is 5.96 Å². The molecule has 2 N–H and O–H groups in total. The number of amides is 1. The fraction of sp³-hybridized carbons (Fsp3) is 0.778. The molecule has 1 amide bonds. The summed E-state index contributed by atoms with van der Waals surface area (Å²) in [6, 6.07) is 0.685. The first-order valence-electron chi connectivity index (χ1n) is 9.69. The Kier molecular flexibility index (Phi) is 6.11. The molecule has 1 saturated carbocycles. The average molecular weight is 361 g/mol. The third-order valence-corrected chi connectivity index (χ3v) is 5.12. The molecule has 0 saturated heterocycles. The Morgan fingerprint density at radius 1 is 1.19 bits per heavy atom. The van der Waals surface area contributed by atoms with Crippen LogP contribution in [-0.2, 0) is 17.8 Å². The van der Waals surface area contributed by atoms with Crippen LogP contribution in [0.2, 0.25) is 0 Å². The van der Waals surface area contributed by atoms with E-state index >= 15 is 0 Å². The molecule has 0 aromatic carbocycles. The number of aliphatic imine (C=N–C) groups is 1. The van der Waals surface area contributed by atoms with E-state index in [2.05, 4.69) is 25.7 Å². The fourth-order valence-electron chi connectivity index (χ4n) is 3.61. The first-order chi connectivity index (χ1) is 12.5. The van der Waals surface area contributed by atoms with Gasteiger partial charge in [0.2, 0.25) is 5.91 Å². The highest BCUT2D eigenvalue weighted by molar-refractivity contribution is 5.85. The molecule has 2 heterocycles. The molecule has 0 spiro atoms. The van der Waals surface area contributed by atoms with Crippen LogP contribution in [0.1, 0.15) is 50.2 Å². The molecule has 1 aliphatic carbocycles. The van der Waals surface area contributed by atoms with Crippen LogP contribution in [0.25, 0.3) is 0 Å². The molecular weight excluding hydrogens is 330 g/mol. The Hall–Kier alpha value is -2.12. The van der Waals surface area contributed by atoms with Crippen LogP contribution >= 0.6 is 0 Å². The number of aryl methyl sites for hydroxylation is 2. The van der Waals surface area contributed by atoms with Gasteiger partial charge in [-0.05, 0) is 26.2 Å². The van der Waals surface area contributed by atoms with E-state index < -0.39 is 0 Å². The zero-order chi connectivity index (χ0) is 18.5. The van der Waals surface area contributed by atoms with Gasteiger partial charge in [0, 0.05) is 32.6 Å². The Bertz CT molecular complexity index is 646. The molecule has 8 nitrogen and oxygen atoms in total. The number of nitrogens with zero attached hydrogens (tertiary/aromatic N) is 5. The van der Waals surface area contributed by atoms with E-state index in [0.717, 1.165) is 37.0 Å². The van der Waals surface area contributed by atoms with Crippen molar-refractivity contribution in [1.29, 1.82) is 0 Å². The molecular formula is C18H31N7O. The Morgan fingerprint density at radius 2 is 1.92 bits per heavy atom. The number of hydrogen-bond donors (Lipinski definition) is 2. The molecule has 1 fully saturated rings.